The summed E-state index contributed by atoms with van der Waals surface area (Å²) in [6.07, 6.45) is 1.02. The first kappa shape index (κ1) is 21.2. The van der Waals surface area contributed by atoms with Crippen LogP contribution in [0.15, 0.2) is 40.8 Å². The monoisotopic (exact) mass is 426 g/mol. The summed E-state index contributed by atoms with van der Waals surface area (Å²) < 4.78 is 25.7. The van der Waals surface area contributed by atoms with Crippen molar-refractivity contribution < 1.29 is 23.4 Å². The Kier molecular flexibility index (Phi) is 5.87. The highest BCUT2D eigenvalue weighted by Crippen LogP contribution is 2.41. The molecule has 1 aromatic heterocycles. The summed E-state index contributed by atoms with van der Waals surface area (Å²) in [6.45, 7) is 5.31. The second-order valence-electron chi connectivity index (χ2n) is 8.09. The highest BCUT2D eigenvalue weighted by atomic mass is 19.1. The van der Waals surface area contributed by atoms with E-state index in [-0.39, 0.29) is 23.9 Å². The fourth-order valence-corrected chi connectivity index (χ4v) is 3.97. The molecular weight excluding hydrogens is 399 g/mol. The third-order valence-electron chi connectivity index (χ3n) is 5.50. The first-order valence-electron chi connectivity index (χ1n) is 10.6. The number of ether oxygens (including phenoxy) is 1. The Balaban J connectivity index is 1.90. The van der Waals surface area contributed by atoms with Crippen LogP contribution >= 0.6 is 0 Å². The van der Waals surface area contributed by atoms with Gasteiger partial charge < -0.3 is 24.5 Å². The van der Waals surface area contributed by atoms with Crippen molar-refractivity contribution in [3.8, 4) is 17.1 Å². The lowest BCUT2D eigenvalue weighted by molar-refractivity contribution is 0.0964. The average Bonchev–Trinajstić information content (AvgIpc) is 3.11. The number of carbonyl (C=O) groups is 1. The summed E-state index contributed by atoms with van der Waals surface area (Å²) in [5.41, 5.74) is 2.43. The van der Waals surface area contributed by atoms with Crippen LogP contribution in [0.3, 0.4) is 0 Å². The van der Waals surface area contributed by atoms with E-state index in [4.69, 9.17) is 9.15 Å². The molecule has 0 aliphatic carbocycles. The van der Waals surface area contributed by atoms with Crippen LogP contribution in [-0.2, 0) is 0 Å². The molecule has 3 aromatic rings. The number of rotatable bonds is 5. The summed E-state index contributed by atoms with van der Waals surface area (Å²) in [6, 6.07) is 9.61. The highest BCUT2D eigenvalue weighted by Gasteiger charge is 2.26. The maximum absolute atomic E-state index is 13.4. The van der Waals surface area contributed by atoms with Gasteiger partial charge in [-0.3, -0.25) is 4.79 Å². The molecule has 1 aliphatic heterocycles. The third kappa shape index (κ3) is 4.23. The summed E-state index contributed by atoms with van der Waals surface area (Å²) >= 11 is 0. The summed E-state index contributed by atoms with van der Waals surface area (Å²) in [7, 11) is 1.56. The third-order valence-corrected chi connectivity index (χ3v) is 5.50. The number of nitrogens with one attached hydrogen (secondary N) is 1. The van der Waals surface area contributed by atoms with Crippen molar-refractivity contribution in [2.75, 3.05) is 25.0 Å². The normalized spacial score (nSPS) is 15.0. The molecular formula is C24H27FN2O4. The number of carbonyl (C=O) groups excluding carboxylic acids is 1. The number of aliphatic hydroxyl groups excluding tert-OH is 1. The number of piperidine rings is 1. The van der Waals surface area contributed by atoms with Crippen molar-refractivity contribution in [3.05, 3.63) is 47.8 Å². The average molecular weight is 426 g/mol. The van der Waals surface area contributed by atoms with E-state index in [1.54, 1.807) is 19.2 Å². The number of anilines is 1. The molecule has 2 heterocycles. The Morgan fingerprint density at radius 2 is 1.90 bits per heavy atom. The van der Waals surface area contributed by atoms with Crippen molar-refractivity contribution in [3.63, 3.8) is 0 Å². The highest BCUT2D eigenvalue weighted by molar-refractivity contribution is 6.12. The predicted molar refractivity (Wildman–Crippen MR) is 118 cm³/mol. The number of benzene rings is 2. The molecule has 2 N–H and O–H groups in total. The fraction of sp³-hybridized carbons (Fsp3) is 0.375. The van der Waals surface area contributed by atoms with Gasteiger partial charge in [0.15, 0.2) is 0 Å². The molecule has 1 saturated heterocycles. The van der Waals surface area contributed by atoms with Crippen molar-refractivity contribution in [1.29, 1.82) is 0 Å². The number of hydrogen-bond donors (Lipinski definition) is 2. The van der Waals surface area contributed by atoms with Crippen LogP contribution in [0.2, 0.25) is 0 Å². The van der Waals surface area contributed by atoms with Gasteiger partial charge in [-0.2, -0.15) is 0 Å². The van der Waals surface area contributed by atoms with Crippen molar-refractivity contribution in [2.45, 2.75) is 38.9 Å². The zero-order chi connectivity index (χ0) is 22.1. The molecule has 31 heavy (non-hydrogen) atoms. The number of aliphatic hydroxyl groups is 1. The minimum absolute atomic E-state index is 0.0569. The molecule has 1 amide bonds. The lowest BCUT2D eigenvalue weighted by atomic mass is 10.0. The topological polar surface area (TPSA) is 74.9 Å². The number of halogens is 1. The largest absolute Gasteiger partial charge is 0.489 e. The minimum Gasteiger partial charge on any atom is -0.489 e. The summed E-state index contributed by atoms with van der Waals surface area (Å²) in [5.74, 6) is 0.400. The van der Waals surface area contributed by atoms with Crippen LogP contribution in [0.25, 0.3) is 22.3 Å². The lowest BCUT2D eigenvalue weighted by Gasteiger charge is -2.32. The molecule has 2 aromatic carbocycles. The van der Waals surface area contributed by atoms with Crippen LogP contribution in [0.4, 0.5) is 10.1 Å². The van der Waals surface area contributed by atoms with Gasteiger partial charge in [0.25, 0.3) is 5.91 Å². The maximum Gasteiger partial charge on any atom is 0.255 e. The molecule has 164 valence electrons. The van der Waals surface area contributed by atoms with Gasteiger partial charge in [0.1, 0.15) is 22.9 Å². The molecule has 0 atom stereocenters. The van der Waals surface area contributed by atoms with E-state index < -0.39 is 0 Å². The Bertz CT molecular complexity index is 1080. The molecule has 0 saturated carbocycles. The van der Waals surface area contributed by atoms with Gasteiger partial charge in [-0.1, -0.05) is 0 Å². The zero-order valence-corrected chi connectivity index (χ0v) is 17.9. The number of amides is 1. The van der Waals surface area contributed by atoms with Gasteiger partial charge in [-0.15, -0.1) is 0 Å². The lowest BCUT2D eigenvalue weighted by Crippen LogP contribution is -2.36. The van der Waals surface area contributed by atoms with Crippen molar-refractivity contribution in [1.82, 2.24) is 5.32 Å². The van der Waals surface area contributed by atoms with Gasteiger partial charge in [-0.05, 0) is 57.0 Å². The van der Waals surface area contributed by atoms with Crippen LogP contribution in [-0.4, -0.2) is 43.4 Å². The van der Waals surface area contributed by atoms with Gasteiger partial charge in [-0.25, -0.2) is 4.39 Å². The molecule has 4 rings (SSSR count). The molecule has 0 radical (unpaired) electrons. The number of fused-ring (bicyclic) bond motifs is 1. The van der Waals surface area contributed by atoms with Gasteiger partial charge in [0.05, 0.1) is 23.5 Å². The molecule has 0 unspecified atom stereocenters. The van der Waals surface area contributed by atoms with Crippen LogP contribution in [0, 0.1) is 5.82 Å². The Morgan fingerprint density at radius 1 is 1.23 bits per heavy atom. The van der Waals surface area contributed by atoms with E-state index in [1.807, 2.05) is 26.0 Å². The fourth-order valence-electron chi connectivity index (χ4n) is 3.97. The summed E-state index contributed by atoms with van der Waals surface area (Å²) in [5, 5.41) is 13.2. The first-order valence-corrected chi connectivity index (χ1v) is 10.6. The molecule has 0 spiro atoms. The molecule has 1 fully saturated rings. The zero-order valence-electron chi connectivity index (χ0n) is 17.9. The number of hydrogen-bond acceptors (Lipinski definition) is 5. The van der Waals surface area contributed by atoms with Gasteiger partial charge >= 0.3 is 0 Å². The minimum atomic E-state index is -0.358. The first-order chi connectivity index (χ1) is 14.9. The number of nitrogens with zero attached hydrogens (tertiary/aromatic N) is 1. The van der Waals surface area contributed by atoms with Crippen LogP contribution in [0.1, 0.15) is 37.0 Å². The standard InChI is InChI=1S/C24H27FN2O4/c1-14(2)30-21-12-18-20(13-19(21)27-10-8-17(28)9-11-27)31-23(22(18)24(29)26-3)15-4-6-16(25)7-5-15/h4-7,12-14,17,28H,8-11H2,1-3H3,(H,26,29). The van der Waals surface area contributed by atoms with Gasteiger partial charge in [0, 0.05) is 37.2 Å². The maximum atomic E-state index is 13.4. The van der Waals surface area contributed by atoms with E-state index in [9.17, 15) is 14.3 Å². The van der Waals surface area contributed by atoms with Crippen LogP contribution < -0.4 is 15.0 Å². The van der Waals surface area contributed by atoms with Crippen molar-refractivity contribution in [2.24, 2.45) is 0 Å². The summed E-state index contributed by atoms with van der Waals surface area (Å²) in [4.78, 5) is 15.0. The quantitative estimate of drug-likeness (QED) is 0.635. The molecule has 0 bridgehead atoms. The van der Waals surface area contributed by atoms with Gasteiger partial charge in [0.2, 0.25) is 0 Å². The number of furan rings is 1. The van der Waals surface area contributed by atoms with E-state index in [0.29, 0.717) is 59.5 Å². The molecule has 7 heteroatoms. The Labute approximate surface area is 180 Å². The van der Waals surface area contributed by atoms with E-state index in [1.165, 1.54) is 12.1 Å². The van der Waals surface area contributed by atoms with Crippen LogP contribution in [0.5, 0.6) is 5.75 Å². The SMILES string of the molecule is CNC(=O)c1c(-c2ccc(F)cc2)oc2cc(N3CCC(O)CC3)c(OC(C)C)cc12. The predicted octanol–water partition coefficient (Wildman–Crippen LogP) is 4.35. The molecule has 6 nitrogen and oxygen atoms in total. The van der Waals surface area contributed by atoms with E-state index >= 15 is 0 Å². The second-order valence-corrected chi connectivity index (χ2v) is 8.09. The van der Waals surface area contributed by atoms with Crippen molar-refractivity contribution >= 4 is 22.6 Å². The van der Waals surface area contributed by atoms with E-state index in [0.717, 1.165) is 5.69 Å². The van der Waals surface area contributed by atoms with E-state index in [2.05, 4.69) is 10.2 Å². The smallest absolute Gasteiger partial charge is 0.255 e. The second kappa shape index (κ2) is 8.59. The Morgan fingerprint density at radius 3 is 2.52 bits per heavy atom. The molecule has 1 aliphatic rings. The Hall–Kier alpha value is -3.06.